The Morgan fingerprint density at radius 2 is 2.10 bits per heavy atom. The van der Waals surface area contributed by atoms with E-state index in [1.54, 1.807) is 29.8 Å². The van der Waals surface area contributed by atoms with Gasteiger partial charge >= 0.3 is 5.69 Å². The number of hydrogen-bond donors (Lipinski definition) is 3. The lowest BCUT2D eigenvalue weighted by Crippen LogP contribution is -2.29. The Kier molecular flexibility index (Phi) is 6.53. The molecule has 1 aromatic carbocycles. The van der Waals surface area contributed by atoms with E-state index in [0.29, 0.717) is 23.6 Å². The second-order valence-corrected chi connectivity index (χ2v) is 7.63. The van der Waals surface area contributed by atoms with Gasteiger partial charge in [-0.15, -0.1) is 0 Å². The van der Waals surface area contributed by atoms with Crippen molar-refractivity contribution in [2.45, 2.75) is 39.2 Å². The number of aromatic hydroxyl groups is 1. The van der Waals surface area contributed by atoms with E-state index in [1.807, 2.05) is 0 Å². The Morgan fingerprint density at radius 3 is 2.86 bits per heavy atom. The molecule has 10 heteroatoms. The van der Waals surface area contributed by atoms with Gasteiger partial charge in [0.2, 0.25) is 5.95 Å². The minimum atomic E-state index is -0.521. The Bertz CT molecular complexity index is 1160. The number of phenolic OH excluding ortho intramolecular Hbond substituents is 1. The van der Waals surface area contributed by atoms with Crippen LogP contribution in [0.1, 0.15) is 38.2 Å². The molecule has 2 heterocycles. The van der Waals surface area contributed by atoms with Gasteiger partial charge in [-0.25, -0.2) is 10.2 Å². The van der Waals surface area contributed by atoms with Gasteiger partial charge in [-0.3, -0.25) is 14.3 Å². The summed E-state index contributed by atoms with van der Waals surface area (Å²) in [5.74, 6) is 0.444. The standard InChI is InChI=1S/C19H23BrN6O3/c1-3-4-5-6-9-26-15-16(25(2)19(29)23-17(15)28)22-18(26)24-21-11-12-10-13(20)7-8-14(12)27/h7-8,10-11,27H,3-6,9H2,1-2H3,(H,22,24)(H,23,28,29)/b21-11+. The van der Waals surface area contributed by atoms with Crippen molar-refractivity contribution in [2.24, 2.45) is 12.1 Å². The molecule has 0 bridgehead atoms. The second-order valence-electron chi connectivity index (χ2n) is 6.71. The number of rotatable bonds is 8. The number of unbranched alkanes of at least 4 members (excludes halogenated alkanes) is 3. The van der Waals surface area contributed by atoms with Crippen molar-refractivity contribution in [1.82, 2.24) is 19.1 Å². The third-order valence-electron chi connectivity index (χ3n) is 4.60. The molecule has 0 amide bonds. The first-order chi connectivity index (χ1) is 13.9. The van der Waals surface area contributed by atoms with Crippen molar-refractivity contribution in [3.63, 3.8) is 0 Å². The number of imidazole rings is 1. The molecule has 0 saturated heterocycles. The van der Waals surface area contributed by atoms with E-state index in [1.165, 1.54) is 10.8 Å². The number of hydrazone groups is 1. The molecular formula is C19H23BrN6O3. The molecule has 0 radical (unpaired) electrons. The van der Waals surface area contributed by atoms with Crippen molar-refractivity contribution in [3.05, 3.63) is 49.1 Å². The summed E-state index contributed by atoms with van der Waals surface area (Å²) in [4.78, 5) is 31.1. The number of fused-ring (bicyclic) bond motifs is 1. The molecule has 29 heavy (non-hydrogen) atoms. The number of hydrogen-bond acceptors (Lipinski definition) is 6. The first-order valence-electron chi connectivity index (χ1n) is 9.39. The lowest BCUT2D eigenvalue weighted by atomic mass is 10.2. The van der Waals surface area contributed by atoms with E-state index in [4.69, 9.17) is 0 Å². The highest BCUT2D eigenvalue weighted by molar-refractivity contribution is 9.10. The fraction of sp³-hybridized carbons (Fsp3) is 0.368. The predicted molar refractivity (Wildman–Crippen MR) is 117 cm³/mol. The molecule has 3 aromatic rings. The Morgan fingerprint density at radius 1 is 1.31 bits per heavy atom. The van der Waals surface area contributed by atoms with Crippen LogP contribution < -0.4 is 16.7 Å². The summed E-state index contributed by atoms with van der Waals surface area (Å²) in [5, 5.41) is 14.1. The summed E-state index contributed by atoms with van der Waals surface area (Å²) in [6, 6.07) is 5.01. The maximum Gasteiger partial charge on any atom is 0.329 e. The highest BCUT2D eigenvalue weighted by Gasteiger charge is 2.16. The molecule has 0 aliphatic heterocycles. The van der Waals surface area contributed by atoms with E-state index in [-0.39, 0.29) is 11.4 Å². The van der Waals surface area contributed by atoms with Gasteiger partial charge in [-0.05, 0) is 24.6 Å². The second kappa shape index (κ2) is 9.08. The first-order valence-corrected chi connectivity index (χ1v) is 10.2. The Hall–Kier alpha value is -2.88. The molecule has 0 atom stereocenters. The first kappa shape index (κ1) is 20.8. The van der Waals surface area contributed by atoms with Crippen LogP contribution in [0.4, 0.5) is 5.95 Å². The smallest absolute Gasteiger partial charge is 0.329 e. The monoisotopic (exact) mass is 462 g/mol. The summed E-state index contributed by atoms with van der Waals surface area (Å²) in [6.45, 7) is 2.70. The van der Waals surface area contributed by atoms with Gasteiger partial charge in [0.25, 0.3) is 5.56 Å². The molecule has 0 unspecified atom stereocenters. The van der Waals surface area contributed by atoms with E-state index in [2.05, 4.69) is 43.3 Å². The van der Waals surface area contributed by atoms with Crippen LogP contribution in [0.15, 0.2) is 37.4 Å². The highest BCUT2D eigenvalue weighted by Crippen LogP contribution is 2.21. The zero-order valence-electron chi connectivity index (χ0n) is 16.3. The molecule has 9 nitrogen and oxygen atoms in total. The lowest BCUT2D eigenvalue weighted by Gasteiger charge is -2.08. The minimum absolute atomic E-state index is 0.0886. The number of H-pyrrole nitrogens is 1. The predicted octanol–water partition coefficient (Wildman–Crippen LogP) is 2.92. The van der Waals surface area contributed by atoms with Gasteiger partial charge in [-0.1, -0.05) is 42.1 Å². The van der Waals surface area contributed by atoms with Gasteiger partial charge in [0.05, 0.1) is 6.21 Å². The molecule has 0 fully saturated rings. The number of nitrogens with zero attached hydrogens (tertiary/aromatic N) is 4. The largest absolute Gasteiger partial charge is 0.507 e. The fourth-order valence-electron chi connectivity index (χ4n) is 3.02. The van der Waals surface area contributed by atoms with Gasteiger partial charge < -0.3 is 9.67 Å². The molecule has 3 N–H and O–H groups in total. The zero-order valence-corrected chi connectivity index (χ0v) is 17.9. The number of aromatic amines is 1. The average Bonchev–Trinajstić information content (AvgIpc) is 3.05. The molecule has 0 saturated carbocycles. The maximum absolute atomic E-state index is 12.4. The van der Waals surface area contributed by atoms with Gasteiger partial charge in [0.1, 0.15) is 5.75 Å². The minimum Gasteiger partial charge on any atom is -0.507 e. The van der Waals surface area contributed by atoms with Crippen LogP contribution in [0.25, 0.3) is 11.2 Å². The van der Waals surface area contributed by atoms with Crippen LogP contribution in [0.3, 0.4) is 0 Å². The number of halogens is 1. The maximum atomic E-state index is 12.4. The van der Waals surface area contributed by atoms with Gasteiger partial charge in [-0.2, -0.15) is 10.1 Å². The number of nitrogens with one attached hydrogen (secondary N) is 2. The summed E-state index contributed by atoms with van der Waals surface area (Å²) < 4.78 is 3.84. The summed E-state index contributed by atoms with van der Waals surface area (Å²) in [7, 11) is 1.56. The van der Waals surface area contributed by atoms with Crippen LogP contribution >= 0.6 is 15.9 Å². The summed E-state index contributed by atoms with van der Waals surface area (Å²) >= 11 is 3.35. The lowest BCUT2D eigenvalue weighted by molar-refractivity contribution is 0.474. The number of benzene rings is 1. The van der Waals surface area contributed by atoms with Crippen LogP contribution in [0.5, 0.6) is 5.75 Å². The third-order valence-corrected chi connectivity index (χ3v) is 5.09. The van der Waals surface area contributed by atoms with Gasteiger partial charge in [0.15, 0.2) is 11.2 Å². The Labute approximate surface area is 175 Å². The molecule has 0 aliphatic carbocycles. The highest BCUT2D eigenvalue weighted by atomic mass is 79.9. The van der Waals surface area contributed by atoms with E-state index in [9.17, 15) is 14.7 Å². The molecule has 3 rings (SSSR count). The summed E-state index contributed by atoms with van der Waals surface area (Å²) in [5.41, 5.74) is 2.97. The molecule has 154 valence electrons. The third kappa shape index (κ3) is 4.58. The number of phenols is 1. The zero-order chi connectivity index (χ0) is 21.0. The van der Waals surface area contributed by atoms with Gasteiger partial charge in [0, 0.05) is 23.6 Å². The number of aryl methyl sites for hydroxylation is 2. The summed E-state index contributed by atoms with van der Waals surface area (Å²) in [6.07, 6.45) is 5.56. The van der Waals surface area contributed by atoms with Crippen molar-refractivity contribution < 1.29 is 5.11 Å². The van der Waals surface area contributed by atoms with Crippen molar-refractivity contribution >= 4 is 39.3 Å². The van der Waals surface area contributed by atoms with Crippen LogP contribution in [0.2, 0.25) is 0 Å². The topological polar surface area (TPSA) is 117 Å². The van der Waals surface area contributed by atoms with E-state index in [0.717, 1.165) is 30.2 Å². The van der Waals surface area contributed by atoms with Crippen LogP contribution in [-0.4, -0.2) is 30.4 Å². The van der Waals surface area contributed by atoms with E-state index < -0.39 is 11.2 Å². The molecular weight excluding hydrogens is 440 g/mol. The molecule has 0 spiro atoms. The van der Waals surface area contributed by atoms with Crippen LogP contribution in [-0.2, 0) is 13.6 Å². The Balaban J connectivity index is 1.97. The number of anilines is 1. The molecule has 2 aromatic heterocycles. The normalized spacial score (nSPS) is 11.6. The SMILES string of the molecule is CCCCCCn1c(N/N=C/c2cc(Br)ccc2O)nc2c1c(=O)[nH]c(=O)n2C. The van der Waals surface area contributed by atoms with Crippen molar-refractivity contribution in [3.8, 4) is 5.75 Å². The fourth-order valence-corrected chi connectivity index (χ4v) is 3.40. The average molecular weight is 463 g/mol. The van der Waals surface area contributed by atoms with E-state index >= 15 is 0 Å². The van der Waals surface area contributed by atoms with Crippen molar-refractivity contribution in [2.75, 3.05) is 5.43 Å². The van der Waals surface area contributed by atoms with Crippen molar-refractivity contribution in [1.29, 1.82) is 0 Å². The molecule has 0 aliphatic rings. The quantitative estimate of drug-likeness (QED) is 0.270. The van der Waals surface area contributed by atoms with Crippen LogP contribution in [0, 0.1) is 0 Å². The number of aromatic nitrogens is 4.